The number of aryl methyl sites for hydroxylation is 2. The summed E-state index contributed by atoms with van der Waals surface area (Å²) < 4.78 is 1.52. The van der Waals surface area contributed by atoms with Gasteiger partial charge in [-0.05, 0) is 19.1 Å². The second-order valence-electron chi connectivity index (χ2n) is 5.50. The average Bonchev–Trinajstić information content (AvgIpc) is 2.78. The van der Waals surface area contributed by atoms with Crippen molar-refractivity contribution < 1.29 is 0 Å². The molecule has 0 atom stereocenters. The number of aromatic nitrogens is 3. The SMILES string of the molecule is Cc1[nH]n(C)c(=O)c1-c1c2ccccc2nc2ccccc12. The van der Waals surface area contributed by atoms with Gasteiger partial charge < -0.3 is 0 Å². The first-order chi connectivity index (χ1) is 10.7. The molecule has 0 saturated carbocycles. The first-order valence-corrected chi connectivity index (χ1v) is 7.20. The van der Waals surface area contributed by atoms with Crippen LogP contribution in [0.2, 0.25) is 0 Å². The lowest BCUT2D eigenvalue weighted by Gasteiger charge is -2.09. The summed E-state index contributed by atoms with van der Waals surface area (Å²) in [6.45, 7) is 1.93. The highest BCUT2D eigenvalue weighted by atomic mass is 16.1. The molecular formula is C18H15N3O. The summed E-state index contributed by atoms with van der Waals surface area (Å²) in [5.41, 5.74) is 4.34. The number of benzene rings is 2. The molecular weight excluding hydrogens is 274 g/mol. The molecule has 0 aliphatic rings. The van der Waals surface area contributed by atoms with Crippen LogP contribution in [0.1, 0.15) is 5.69 Å². The fourth-order valence-corrected chi connectivity index (χ4v) is 3.09. The zero-order valence-electron chi connectivity index (χ0n) is 12.4. The summed E-state index contributed by atoms with van der Waals surface area (Å²) in [4.78, 5) is 17.3. The largest absolute Gasteiger partial charge is 0.300 e. The molecule has 4 heteroatoms. The van der Waals surface area contributed by atoms with Gasteiger partial charge >= 0.3 is 0 Å². The topological polar surface area (TPSA) is 50.7 Å². The number of fused-ring (bicyclic) bond motifs is 2. The summed E-state index contributed by atoms with van der Waals surface area (Å²) in [6, 6.07) is 15.9. The first kappa shape index (κ1) is 12.8. The number of hydrogen-bond acceptors (Lipinski definition) is 2. The molecule has 4 rings (SSSR count). The molecule has 22 heavy (non-hydrogen) atoms. The van der Waals surface area contributed by atoms with Crippen molar-refractivity contribution in [2.24, 2.45) is 7.05 Å². The van der Waals surface area contributed by atoms with Crippen LogP contribution in [0.15, 0.2) is 53.3 Å². The molecule has 0 fully saturated rings. The number of nitrogens with one attached hydrogen (secondary N) is 1. The van der Waals surface area contributed by atoms with Gasteiger partial charge in [-0.3, -0.25) is 14.6 Å². The second-order valence-corrected chi connectivity index (χ2v) is 5.50. The monoisotopic (exact) mass is 289 g/mol. The molecule has 2 aromatic heterocycles. The van der Waals surface area contributed by atoms with Crippen LogP contribution in [0.25, 0.3) is 32.9 Å². The van der Waals surface area contributed by atoms with Gasteiger partial charge in [-0.15, -0.1) is 0 Å². The van der Waals surface area contributed by atoms with Gasteiger partial charge in [0.2, 0.25) is 0 Å². The predicted molar refractivity (Wildman–Crippen MR) is 89.0 cm³/mol. The number of aromatic amines is 1. The van der Waals surface area contributed by atoms with E-state index in [9.17, 15) is 4.79 Å². The van der Waals surface area contributed by atoms with Crippen LogP contribution in [0.4, 0.5) is 0 Å². The predicted octanol–water partition coefficient (Wildman–Crippen LogP) is 3.39. The smallest absolute Gasteiger partial charge is 0.274 e. The fourth-order valence-electron chi connectivity index (χ4n) is 3.09. The van der Waals surface area contributed by atoms with E-state index in [0.717, 1.165) is 38.6 Å². The van der Waals surface area contributed by atoms with E-state index in [1.807, 2.05) is 55.5 Å². The van der Waals surface area contributed by atoms with Crippen LogP contribution in [0, 0.1) is 6.92 Å². The lowest BCUT2D eigenvalue weighted by molar-refractivity contribution is 0.731. The highest BCUT2D eigenvalue weighted by molar-refractivity contribution is 6.09. The van der Waals surface area contributed by atoms with E-state index in [2.05, 4.69) is 5.10 Å². The van der Waals surface area contributed by atoms with Crippen LogP contribution in [-0.2, 0) is 7.05 Å². The van der Waals surface area contributed by atoms with Gasteiger partial charge in [-0.2, -0.15) is 0 Å². The molecule has 4 aromatic rings. The van der Waals surface area contributed by atoms with Crippen LogP contribution in [-0.4, -0.2) is 14.8 Å². The molecule has 0 bridgehead atoms. The first-order valence-electron chi connectivity index (χ1n) is 7.20. The summed E-state index contributed by atoms with van der Waals surface area (Å²) in [7, 11) is 1.74. The summed E-state index contributed by atoms with van der Waals surface area (Å²) >= 11 is 0. The fraction of sp³-hybridized carbons (Fsp3) is 0.111. The quantitative estimate of drug-likeness (QED) is 0.546. The van der Waals surface area contributed by atoms with Crippen molar-refractivity contribution in [2.45, 2.75) is 6.92 Å². The maximum absolute atomic E-state index is 12.6. The molecule has 0 spiro atoms. The van der Waals surface area contributed by atoms with Crippen molar-refractivity contribution >= 4 is 21.8 Å². The van der Waals surface area contributed by atoms with Crippen LogP contribution in [0.3, 0.4) is 0 Å². The molecule has 0 aliphatic carbocycles. The van der Waals surface area contributed by atoms with Crippen molar-refractivity contribution in [3.8, 4) is 11.1 Å². The molecule has 0 saturated heterocycles. The summed E-state index contributed by atoms with van der Waals surface area (Å²) in [5.74, 6) is 0. The molecule has 2 aromatic carbocycles. The third-order valence-corrected chi connectivity index (χ3v) is 4.07. The molecule has 2 heterocycles. The van der Waals surface area contributed by atoms with Gasteiger partial charge in [0.05, 0.1) is 16.6 Å². The van der Waals surface area contributed by atoms with Crippen molar-refractivity contribution in [2.75, 3.05) is 0 Å². The normalized spacial score (nSPS) is 11.4. The Labute approximate surface area is 127 Å². The maximum Gasteiger partial charge on any atom is 0.274 e. The van der Waals surface area contributed by atoms with Gasteiger partial charge in [0, 0.05) is 29.1 Å². The number of para-hydroxylation sites is 2. The molecule has 0 amide bonds. The van der Waals surface area contributed by atoms with Gasteiger partial charge in [-0.25, -0.2) is 4.98 Å². The molecule has 0 aliphatic heterocycles. The Morgan fingerprint density at radius 2 is 1.45 bits per heavy atom. The maximum atomic E-state index is 12.6. The third kappa shape index (κ3) is 1.70. The van der Waals surface area contributed by atoms with Crippen LogP contribution >= 0.6 is 0 Å². The lowest BCUT2D eigenvalue weighted by atomic mass is 9.96. The van der Waals surface area contributed by atoms with Crippen LogP contribution < -0.4 is 5.56 Å². The Bertz CT molecular complexity index is 1020. The number of hydrogen-bond donors (Lipinski definition) is 1. The van der Waals surface area contributed by atoms with E-state index in [1.54, 1.807) is 7.05 Å². The standard InChI is InChI=1S/C18H15N3O/c1-11-16(18(22)21(2)20-11)17-12-7-3-5-9-14(12)19-15-10-6-4-8-13(15)17/h3-10,20H,1-2H3. The zero-order valence-corrected chi connectivity index (χ0v) is 12.4. The van der Waals surface area contributed by atoms with E-state index in [1.165, 1.54) is 4.68 Å². The molecule has 108 valence electrons. The van der Waals surface area contributed by atoms with E-state index < -0.39 is 0 Å². The van der Waals surface area contributed by atoms with Gasteiger partial charge in [0.1, 0.15) is 0 Å². The van der Waals surface area contributed by atoms with Crippen molar-refractivity contribution in [3.05, 3.63) is 64.6 Å². The number of pyridine rings is 1. The summed E-state index contributed by atoms with van der Waals surface area (Å²) in [6.07, 6.45) is 0. The lowest BCUT2D eigenvalue weighted by Crippen LogP contribution is -2.13. The highest BCUT2D eigenvalue weighted by Crippen LogP contribution is 2.34. The molecule has 4 nitrogen and oxygen atoms in total. The van der Waals surface area contributed by atoms with Crippen molar-refractivity contribution in [3.63, 3.8) is 0 Å². The molecule has 0 unspecified atom stereocenters. The van der Waals surface area contributed by atoms with Crippen molar-refractivity contribution in [1.82, 2.24) is 14.8 Å². The Hall–Kier alpha value is -2.88. The Morgan fingerprint density at radius 1 is 0.909 bits per heavy atom. The molecule has 1 N–H and O–H groups in total. The number of rotatable bonds is 1. The van der Waals surface area contributed by atoms with E-state index in [-0.39, 0.29) is 5.56 Å². The minimum Gasteiger partial charge on any atom is -0.300 e. The Morgan fingerprint density at radius 3 is 1.95 bits per heavy atom. The van der Waals surface area contributed by atoms with E-state index in [0.29, 0.717) is 0 Å². The average molecular weight is 289 g/mol. The van der Waals surface area contributed by atoms with E-state index in [4.69, 9.17) is 4.98 Å². The van der Waals surface area contributed by atoms with Gasteiger partial charge in [-0.1, -0.05) is 36.4 Å². The van der Waals surface area contributed by atoms with Crippen LogP contribution in [0.5, 0.6) is 0 Å². The molecule has 0 radical (unpaired) electrons. The van der Waals surface area contributed by atoms with E-state index >= 15 is 0 Å². The Balaban J connectivity index is 2.29. The van der Waals surface area contributed by atoms with Crippen molar-refractivity contribution in [1.29, 1.82) is 0 Å². The minimum atomic E-state index is -0.0148. The zero-order chi connectivity index (χ0) is 15.3. The highest BCUT2D eigenvalue weighted by Gasteiger charge is 2.17. The number of H-pyrrole nitrogens is 1. The number of nitrogens with zero attached hydrogens (tertiary/aromatic N) is 2. The minimum absolute atomic E-state index is 0.0148. The Kier molecular flexibility index (Phi) is 2.66. The van der Waals surface area contributed by atoms with Gasteiger partial charge in [0.25, 0.3) is 5.56 Å². The second kappa shape index (κ2) is 4.56. The third-order valence-electron chi connectivity index (χ3n) is 4.07. The summed E-state index contributed by atoms with van der Waals surface area (Å²) in [5, 5.41) is 5.09. The van der Waals surface area contributed by atoms with Gasteiger partial charge in [0.15, 0.2) is 0 Å².